The van der Waals surface area contributed by atoms with E-state index in [1.807, 2.05) is 59.5 Å². The molecule has 22 heavy (non-hydrogen) atoms. The minimum absolute atomic E-state index is 0.0277. The Labute approximate surface area is 130 Å². The number of ether oxygens (including phenoxy) is 1. The van der Waals surface area contributed by atoms with Crippen molar-refractivity contribution in [1.82, 2.24) is 10.2 Å². The molecule has 1 N–H and O–H groups in total. The second-order valence-electron chi connectivity index (χ2n) is 5.52. The maximum Gasteiger partial charge on any atom is 0.257 e. The van der Waals surface area contributed by atoms with Crippen molar-refractivity contribution >= 4 is 5.91 Å². The Balaban J connectivity index is 1.83. The summed E-state index contributed by atoms with van der Waals surface area (Å²) in [6, 6.07) is 17.3. The number of nitrogens with zero attached hydrogens (tertiary/aromatic N) is 1. The summed E-state index contributed by atoms with van der Waals surface area (Å²) in [4.78, 5) is 14.7. The summed E-state index contributed by atoms with van der Waals surface area (Å²) in [5.41, 5.74) is 0.612. The van der Waals surface area contributed by atoms with Crippen LogP contribution < -0.4 is 10.1 Å². The molecule has 0 saturated carbocycles. The number of carbonyl (C=O) groups excluding carboxylic acids is 1. The Morgan fingerprint density at radius 2 is 1.86 bits per heavy atom. The summed E-state index contributed by atoms with van der Waals surface area (Å²) in [6.07, 6.45) is 0. The van der Waals surface area contributed by atoms with E-state index in [-0.39, 0.29) is 5.91 Å². The molecule has 1 fully saturated rings. The van der Waals surface area contributed by atoms with Gasteiger partial charge in [-0.25, -0.2) is 0 Å². The molecule has 0 aromatic heterocycles. The average molecular weight is 296 g/mol. The first-order valence-corrected chi connectivity index (χ1v) is 7.58. The predicted molar refractivity (Wildman–Crippen MR) is 86.3 cm³/mol. The van der Waals surface area contributed by atoms with Crippen molar-refractivity contribution in [3.05, 3.63) is 60.2 Å². The first-order chi connectivity index (χ1) is 10.7. The molecule has 1 amide bonds. The molecule has 0 bridgehead atoms. The third-order valence-corrected chi connectivity index (χ3v) is 3.74. The number of amides is 1. The van der Waals surface area contributed by atoms with Gasteiger partial charge in [-0.15, -0.1) is 0 Å². The highest BCUT2D eigenvalue weighted by Crippen LogP contribution is 2.26. The highest BCUT2D eigenvalue weighted by atomic mass is 16.5. The number of benzene rings is 2. The molecule has 0 spiro atoms. The average Bonchev–Trinajstić information content (AvgIpc) is 2.56. The third-order valence-electron chi connectivity index (χ3n) is 3.74. The van der Waals surface area contributed by atoms with Crippen LogP contribution in [-0.4, -0.2) is 36.5 Å². The zero-order chi connectivity index (χ0) is 15.4. The van der Waals surface area contributed by atoms with Crippen LogP contribution in [0.5, 0.6) is 11.5 Å². The summed E-state index contributed by atoms with van der Waals surface area (Å²) >= 11 is 0. The first kappa shape index (κ1) is 14.6. The second kappa shape index (κ2) is 6.62. The van der Waals surface area contributed by atoms with E-state index in [2.05, 4.69) is 12.2 Å². The lowest BCUT2D eigenvalue weighted by molar-refractivity contribution is 0.0706. The number of hydrogen-bond donors (Lipinski definition) is 1. The lowest BCUT2D eigenvalue weighted by atomic mass is 10.1. The molecular formula is C18H20N2O2. The molecule has 1 aliphatic rings. The van der Waals surface area contributed by atoms with Crippen molar-refractivity contribution < 1.29 is 9.53 Å². The topological polar surface area (TPSA) is 41.6 Å². The quantitative estimate of drug-likeness (QED) is 0.947. The van der Waals surface area contributed by atoms with Gasteiger partial charge < -0.3 is 15.0 Å². The van der Waals surface area contributed by atoms with E-state index in [4.69, 9.17) is 4.74 Å². The molecule has 0 radical (unpaired) electrons. The van der Waals surface area contributed by atoms with Crippen LogP contribution in [0, 0.1) is 0 Å². The Kier molecular flexibility index (Phi) is 4.39. The lowest BCUT2D eigenvalue weighted by Crippen LogP contribution is -2.51. The molecule has 2 aromatic carbocycles. The van der Waals surface area contributed by atoms with E-state index in [9.17, 15) is 4.79 Å². The smallest absolute Gasteiger partial charge is 0.257 e. The molecule has 4 heteroatoms. The van der Waals surface area contributed by atoms with Crippen molar-refractivity contribution in [3.8, 4) is 11.5 Å². The number of hydrogen-bond acceptors (Lipinski definition) is 3. The monoisotopic (exact) mass is 296 g/mol. The lowest BCUT2D eigenvalue weighted by Gasteiger charge is -2.32. The molecule has 3 rings (SSSR count). The maximum atomic E-state index is 12.8. The largest absolute Gasteiger partial charge is 0.457 e. The van der Waals surface area contributed by atoms with Gasteiger partial charge in [-0.1, -0.05) is 30.3 Å². The minimum atomic E-state index is 0.0277. The van der Waals surface area contributed by atoms with Gasteiger partial charge in [0.05, 0.1) is 5.56 Å². The fraction of sp³-hybridized carbons (Fsp3) is 0.278. The summed E-state index contributed by atoms with van der Waals surface area (Å²) in [5.74, 6) is 1.36. The van der Waals surface area contributed by atoms with Crippen LogP contribution in [0.3, 0.4) is 0 Å². The van der Waals surface area contributed by atoms with Crippen LogP contribution in [0.2, 0.25) is 0 Å². The van der Waals surface area contributed by atoms with E-state index < -0.39 is 0 Å². The van der Waals surface area contributed by atoms with Crippen molar-refractivity contribution in [1.29, 1.82) is 0 Å². The van der Waals surface area contributed by atoms with Gasteiger partial charge in [0, 0.05) is 25.7 Å². The summed E-state index contributed by atoms with van der Waals surface area (Å²) in [6.45, 7) is 4.36. The van der Waals surface area contributed by atoms with Crippen molar-refractivity contribution in [2.75, 3.05) is 19.6 Å². The van der Waals surface area contributed by atoms with Gasteiger partial charge in [-0.3, -0.25) is 4.79 Å². The van der Waals surface area contributed by atoms with Gasteiger partial charge in [0.15, 0.2) is 0 Å². The summed E-state index contributed by atoms with van der Waals surface area (Å²) < 4.78 is 5.89. The molecule has 0 aliphatic carbocycles. The Morgan fingerprint density at radius 1 is 1.14 bits per heavy atom. The normalized spacial score (nSPS) is 18.0. The van der Waals surface area contributed by atoms with Crippen LogP contribution in [0.15, 0.2) is 54.6 Å². The van der Waals surface area contributed by atoms with E-state index >= 15 is 0 Å². The summed E-state index contributed by atoms with van der Waals surface area (Å²) in [7, 11) is 0. The minimum Gasteiger partial charge on any atom is -0.457 e. The van der Waals surface area contributed by atoms with E-state index in [1.165, 1.54) is 0 Å². The molecule has 1 saturated heterocycles. The maximum absolute atomic E-state index is 12.8. The van der Waals surface area contributed by atoms with Crippen LogP contribution in [0.25, 0.3) is 0 Å². The molecule has 1 atom stereocenters. The summed E-state index contributed by atoms with van der Waals surface area (Å²) in [5, 5.41) is 3.35. The number of para-hydroxylation sites is 2. The van der Waals surface area contributed by atoms with Crippen LogP contribution in [-0.2, 0) is 0 Å². The number of piperazine rings is 1. The fourth-order valence-corrected chi connectivity index (χ4v) is 2.63. The van der Waals surface area contributed by atoms with Crippen molar-refractivity contribution in [2.45, 2.75) is 13.0 Å². The first-order valence-electron chi connectivity index (χ1n) is 7.58. The second-order valence-corrected chi connectivity index (χ2v) is 5.52. The van der Waals surface area contributed by atoms with Gasteiger partial charge in [0.25, 0.3) is 5.91 Å². The molecular weight excluding hydrogens is 276 g/mol. The SMILES string of the molecule is CC1CN(C(=O)c2ccccc2Oc2ccccc2)CCN1. The van der Waals surface area contributed by atoms with Gasteiger partial charge in [0.1, 0.15) is 11.5 Å². The standard InChI is InChI=1S/C18H20N2O2/c1-14-13-20(12-11-19-14)18(21)16-9-5-6-10-17(16)22-15-7-3-2-4-8-15/h2-10,14,19H,11-13H2,1H3. The molecule has 114 valence electrons. The van der Waals surface area contributed by atoms with E-state index in [0.29, 0.717) is 17.4 Å². The van der Waals surface area contributed by atoms with E-state index in [1.54, 1.807) is 0 Å². The molecule has 4 nitrogen and oxygen atoms in total. The molecule has 1 heterocycles. The number of nitrogens with one attached hydrogen (secondary N) is 1. The molecule has 2 aromatic rings. The van der Waals surface area contributed by atoms with Crippen LogP contribution in [0.1, 0.15) is 17.3 Å². The highest BCUT2D eigenvalue weighted by molar-refractivity contribution is 5.97. The Hall–Kier alpha value is -2.33. The number of carbonyl (C=O) groups is 1. The third kappa shape index (κ3) is 3.28. The highest BCUT2D eigenvalue weighted by Gasteiger charge is 2.23. The zero-order valence-corrected chi connectivity index (χ0v) is 12.7. The Bertz CT molecular complexity index is 643. The van der Waals surface area contributed by atoms with Crippen molar-refractivity contribution in [2.24, 2.45) is 0 Å². The van der Waals surface area contributed by atoms with E-state index in [0.717, 1.165) is 25.4 Å². The zero-order valence-electron chi connectivity index (χ0n) is 12.7. The van der Waals surface area contributed by atoms with Gasteiger partial charge >= 0.3 is 0 Å². The molecule has 1 unspecified atom stereocenters. The predicted octanol–water partition coefficient (Wildman–Crippen LogP) is 2.91. The fourth-order valence-electron chi connectivity index (χ4n) is 2.63. The molecule has 1 aliphatic heterocycles. The van der Waals surface area contributed by atoms with Gasteiger partial charge in [-0.05, 0) is 31.2 Å². The Morgan fingerprint density at radius 3 is 2.64 bits per heavy atom. The van der Waals surface area contributed by atoms with Gasteiger partial charge in [-0.2, -0.15) is 0 Å². The van der Waals surface area contributed by atoms with Gasteiger partial charge in [0.2, 0.25) is 0 Å². The van der Waals surface area contributed by atoms with Crippen LogP contribution in [0.4, 0.5) is 0 Å². The van der Waals surface area contributed by atoms with Crippen molar-refractivity contribution in [3.63, 3.8) is 0 Å². The number of rotatable bonds is 3. The van der Waals surface area contributed by atoms with Crippen LogP contribution >= 0.6 is 0 Å².